The molecule has 0 unspecified atom stereocenters. The van der Waals surface area contributed by atoms with Crippen molar-refractivity contribution < 1.29 is 23.8 Å². The molecule has 0 heterocycles. The third-order valence-corrected chi connectivity index (χ3v) is 4.28. The van der Waals surface area contributed by atoms with Crippen LogP contribution in [0.25, 0.3) is 0 Å². The number of amides is 1. The molecule has 28 heavy (non-hydrogen) atoms. The summed E-state index contributed by atoms with van der Waals surface area (Å²) >= 11 is 0. The molecular formula is C22H27NO5. The normalized spacial score (nSPS) is 12.8. The monoisotopic (exact) mass is 385 g/mol. The molecule has 6 heteroatoms. The van der Waals surface area contributed by atoms with E-state index in [1.165, 1.54) is 12.7 Å². The van der Waals surface area contributed by atoms with Gasteiger partial charge >= 0.3 is 12.1 Å². The van der Waals surface area contributed by atoms with Gasteiger partial charge in [0, 0.05) is 0 Å². The van der Waals surface area contributed by atoms with Gasteiger partial charge in [0.2, 0.25) is 0 Å². The maximum Gasteiger partial charge on any atom is 0.408 e. The highest BCUT2D eigenvalue weighted by Gasteiger charge is 2.30. The Labute approximate surface area is 165 Å². The molecule has 2 aromatic rings. The van der Waals surface area contributed by atoms with Gasteiger partial charge in [-0.3, -0.25) is 0 Å². The summed E-state index contributed by atoms with van der Waals surface area (Å²) in [5, 5.41) is 2.53. The van der Waals surface area contributed by atoms with E-state index in [2.05, 4.69) is 19.2 Å². The highest BCUT2D eigenvalue weighted by Crippen LogP contribution is 2.20. The molecule has 0 aliphatic heterocycles. The zero-order valence-corrected chi connectivity index (χ0v) is 16.7. The van der Waals surface area contributed by atoms with Crippen LogP contribution in [0.4, 0.5) is 4.79 Å². The lowest BCUT2D eigenvalue weighted by Crippen LogP contribution is -2.50. The third kappa shape index (κ3) is 6.30. The molecule has 0 aromatic heterocycles. The summed E-state index contributed by atoms with van der Waals surface area (Å²) in [4.78, 5) is 24.3. The van der Waals surface area contributed by atoms with Crippen molar-refractivity contribution in [2.75, 3.05) is 7.11 Å². The van der Waals surface area contributed by atoms with E-state index in [1.807, 2.05) is 54.6 Å². The van der Waals surface area contributed by atoms with E-state index in [0.29, 0.717) is 11.7 Å². The average molecular weight is 385 g/mol. The first kappa shape index (κ1) is 21.3. The number of benzene rings is 2. The highest BCUT2D eigenvalue weighted by atomic mass is 16.6. The minimum Gasteiger partial charge on any atom is -0.488 e. The SMILES string of the molecule is COC(=O)[C@@H](NC(=O)OCc1ccccc1)[C@@H](C)Oc1ccc(C(C)C)cc1. The molecule has 150 valence electrons. The van der Waals surface area contributed by atoms with Crippen LogP contribution in [0.1, 0.15) is 37.8 Å². The smallest absolute Gasteiger partial charge is 0.408 e. The van der Waals surface area contributed by atoms with Crippen molar-refractivity contribution in [1.82, 2.24) is 5.32 Å². The minimum absolute atomic E-state index is 0.104. The van der Waals surface area contributed by atoms with Crippen LogP contribution in [-0.4, -0.2) is 31.3 Å². The van der Waals surface area contributed by atoms with Gasteiger partial charge in [0.15, 0.2) is 6.04 Å². The minimum atomic E-state index is -1.00. The van der Waals surface area contributed by atoms with Crippen LogP contribution >= 0.6 is 0 Å². The van der Waals surface area contributed by atoms with E-state index in [9.17, 15) is 9.59 Å². The summed E-state index contributed by atoms with van der Waals surface area (Å²) in [5.74, 6) is 0.406. The van der Waals surface area contributed by atoms with Crippen LogP contribution in [-0.2, 0) is 20.9 Å². The van der Waals surface area contributed by atoms with Crippen molar-refractivity contribution in [3.63, 3.8) is 0 Å². The summed E-state index contributed by atoms with van der Waals surface area (Å²) in [7, 11) is 1.26. The van der Waals surface area contributed by atoms with Crippen LogP contribution in [0.3, 0.4) is 0 Å². The lowest BCUT2D eigenvalue weighted by Gasteiger charge is -2.24. The van der Waals surface area contributed by atoms with Crippen molar-refractivity contribution in [2.45, 2.75) is 45.4 Å². The molecule has 0 radical (unpaired) electrons. The lowest BCUT2D eigenvalue weighted by molar-refractivity contribution is -0.145. The zero-order valence-electron chi connectivity index (χ0n) is 16.7. The Bertz CT molecular complexity index is 758. The molecule has 0 aliphatic carbocycles. The van der Waals surface area contributed by atoms with E-state index >= 15 is 0 Å². The fourth-order valence-corrected chi connectivity index (χ4v) is 2.60. The number of ether oxygens (including phenoxy) is 3. The second kappa shape index (κ2) is 10.3. The summed E-state index contributed by atoms with van der Waals surface area (Å²) in [6, 6.07) is 15.9. The molecule has 0 saturated carbocycles. The van der Waals surface area contributed by atoms with Crippen molar-refractivity contribution in [3.8, 4) is 5.75 Å². The Hall–Kier alpha value is -3.02. The van der Waals surface area contributed by atoms with E-state index < -0.39 is 24.2 Å². The molecule has 2 atom stereocenters. The molecule has 2 aromatic carbocycles. The number of carbonyl (C=O) groups is 2. The Balaban J connectivity index is 1.97. The first-order valence-corrected chi connectivity index (χ1v) is 9.22. The average Bonchev–Trinajstić information content (AvgIpc) is 2.71. The number of nitrogens with one attached hydrogen (secondary N) is 1. The summed E-state index contributed by atoms with van der Waals surface area (Å²) < 4.78 is 15.8. The predicted octanol–water partition coefficient (Wildman–Crippen LogP) is 4.05. The number of rotatable bonds is 8. The number of hydrogen-bond donors (Lipinski definition) is 1. The van der Waals surface area contributed by atoms with E-state index in [1.54, 1.807) is 6.92 Å². The Morgan fingerprint density at radius 1 is 0.964 bits per heavy atom. The number of methoxy groups -OCH3 is 1. The van der Waals surface area contributed by atoms with Gasteiger partial charge in [0.05, 0.1) is 7.11 Å². The molecule has 1 amide bonds. The van der Waals surface area contributed by atoms with Crippen molar-refractivity contribution in [1.29, 1.82) is 0 Å². The van der Waals surface area contributed by atoms with Crippen LogP contribution < -0.4 is 10.1 Å². The second-order valence-corrected chi connectivity index (χ2v) is 6.75. The Morgan fingerprint density at radius 2 is 1.61 bits per heavy atom. The first-order valence-electron chi connectivity index (χ1n) is 9.22. The third-order valence-electron chi connectivity index (χ3n) is 4.28. The molecule has 0 aliphatic rings. The highest BCUT2D eigenvalue weighted by molar-refractivity contribution is 5.81. The molecule has 0 fully saturated rings. The molecule has 2 rings (SSSR count). The van der Waals surface area contributed by atoms with E-state index in [-0.39, 0.29) is 6.61 Å². The molecular weight excluding hydrogens is 358 g/mol. The Kier molecular flexibility index (Phi) is 7.87. The van der Waals surface area contributed by atoms with Gasteiger partial charge in [-0.2, -0.15) is 0 Å². The van der Waals surface area contributed by atoms with Gasteiger partial charge in [-0.05, 0) is 36.1 Å². The summed E-state index contributed by atoms with van der Waals surface area (Å²) in [5.41, 5.74) is 2.04. The number of esters is 1. The van der Waals surface area contributed by atoms with Crippen molar-refractivity contribution in [3.05, 3.63) is 65.7 Å². The maximum atomic E-state index is 12.1. The quantitative estimate of drug-likeness (QED) is 0.694. The standard InChI is InChI=1S/C22H27NO5/c1-15(2)18-10-12-19(13-11-18)28-16(3)20(21(24)26-4)23-22(25)27-14-17-8-6-5-7-9-17/h5-13,15-16,20H,14H2,1-4H3,(H,23,25)/t16-,20+/m1/s1. The van der Waals surface area contributed by atoms with Gasteiger partial charge in [-0.1, -0.05) is 56.3 Å². The van der Waals surface area contributed by atoms with Gasteiger partial charge in [0.25, 0.3) is 0 Å². The van der Waals surface area contributed by atoms with Gasteiger partial charge in [-0.25, -0.2) is 9.59 Å². The van der Waals surface area contributed by atoms with Gasteiger partial charge < -0.3 is 19.5 Å². The van der Waals surface area contributed by atoms with Crippen molar-refractivity contribution in [2.24, 2.45) is 0 Å². The Morgan fingerprint density at radius 3 is 2.18 bits per heavy atom. The van der Waals surface area contributed by atoms with E-state index in [0.717, 1.165) is 5.56 Å². The fourth-order valence-electron chi connectivity index (χ4n) is 2.60. The number of hydrogen-bond acceptors (Lipinski definition) is 5. The first-order chi connectivity index (χ1) is 13.4. The fraction of sp³-hybridized carbons (Fsp3) is 0.364. The van der Waals surface area contributed by atoms with Gasteiger partial charge in [-0.15, -0.1) is 0 Å². The van der Waals surface area contributed by atoms with Crippen LogP contribution in [0, 0.1) is 0 Å². The van der Waals surface area contributed by atoms with E-state index in [4.69, 9.17) is 14.2 Å². The largest absolute Gasteiger partial charge is 0.488 e. The molecule has 0 spiro atoms. The summed E-state index contributed by atoms with van der Waals surface area (Å²) in [6.45, 7) is 6.01. The second-order valence-electron chi connectivity index (χ2n) is 6.75. The van der Waals surface area contributed by atoms with Crippen molar-refractivity contribution >= 4 is 12.1 Å². The van der Waals surface area contributed by atoms with Crippen LogP contribution in [0.15, 0.2) is 54.6 Å². The topological polar surface area (TPSA) is 73.9 Å². The lowest BCUT2D eigenvalue weighted by atomic mass is 10.0. The summed E-state index contributed by atoms with van der Waals surface area (Å²) in [6.07, 6.45) is -1.37. The van der Waals surface area contributed by atoms with Gasteiger partial charge in [0.1, 0.15) is 18.5 Å². The molecule has 0 bridgehead atoms. The van der Waals surface area contributed by atoms with Crippen LogP contribution in [0.5, 0.6) is 5.75 Å². The number of alkyl carbamates (subject to hydrolysis) is 1. The molecule has 1 N–H and O–H groups in total. The molecule has 6 nitrogen and oxygen atoms in total. The zero-order chi connectivity index (χ0) is 20.5. The molecule has 0 saturated heterocycles. The number of carbonyl (C=O) groups excluding carboxylic acids is 2. The van der Waals surface area contributed by atoms with Crippen LogP contribution in [0.2, 0.25) is 0 Å². The predicted molar refractivity (Wildman–Crippen MR) is 106 cm³/mol. The maximum absolute atomic E-state index is 12.1.